The summed E-state index contributed by atoms with van der Waals surface area (Å²) in [4.78, 5) is 19.7. The van der Waals surface area contributed by atoms with E-state index in [2.05, 4.69) is 46.4 Å². The van der Waals surface area contributed by atoms with E-state index < -0.39 is 0 Å². The van der Waals surface area contributed by atoms with Crippen LogP contribution in [0.1, 0.15) is 45.2 Å². The number of carbonyl (C=O) groups is 1. The lowest BCUT2D eigenvalue weighted by atomic mass is 10.1. The highest BCUT2D eigenvalue weighted by molar-refractivity contribution is 7.09. The highest BCUT2D eigenvalue weighted by atomic mass is 32.1. The fourth-order valence-corrected chi connectivity index (χ4v) is 4.80. The molecule has 1 aromatic heterocycles. The number of carbonyl (C=O) groups excluding carboxylic acids is 1. The largest absolute Gasteiger partial charge is 0.497 e. The quantitative estimate of drug-likeness (QED) is 0.279. The summed E-state index contributed by atoms with van der Waals surface area (Å²) in [5, 5.41) is 5.67. The van der Waals surface area contributed by atoms with E-state index in [1.54, 1.807) is 14.2 Å². The van der Waals surface area contributed by atoms with Crippen molar-refractivity contribution in [3.8, 4) is 11.5 Å². The second-order valence-corrected chi connectivity index (χ2v) is 9.41. The van der Waals surface area contributed by atoms with Crippen LogP contribution in [0.3, 0.4) is 0 Å². The first-order chi connectivity index (χ1) is 17.6. The summed E-state index contributed by atoms with van der Waals surface area (Å²) in [6.45, 7) is 3.91. The molecule has 4 aromatic rings. The first-order valence-corrected chi connectivity index (χ1v) is 12.7. The molecule has 0 spiro atoms. The van der Waals surface area contributed by atoms with E-state index in [1.807, 2.05) is 60.0 Å². The number of amides is 1. The van der Waals surface area contributed by atoms with Gasteiger partial charge in [0, 0.05) is 36.1 Å². The molecule has 6 nitrogen and oxygen atoms in total. The minimum Gasteiger partial charge on any atom is -0.497 e. The second-order valence-electron chi connectivity index (χ2n) is 8.46. The lowest BCUT2D eigenvalue weighted by Crippen LogP contribution is -2.27. The third-order valence-electron chi connectivity index (χ3n) is 6.12. The number of ether oxygens (including phenoxy) is 2. The van der Waals surface area contributed by atoms with Gasteiger partial charge in [0.2, 0.25) is 0 Å². The van der Waals surface area contributed by atoms with Crippen LogP contribution in [-0.2, 0) is 19.6 Å². The molecule has 0 aliphatic carbocycles. The molecule has 186 valence electrons. The van der Waals surface area contributed by atoms with Crippen molar-refractivity contribution in [3.05, 3.63) is 112 Å². The first kappa shape index (κ1) is 25.4. The molecular formula is C29H31N3O3S. The van der Waals surface area contributed by atoms with Gasteiger partial charge in [0.25, 0.3) is 5.91 Å². The molecular weight excluding hydrogens is 470 g/mol. The van der Waals surface area contributed by atoms with Crippen LogP contribution in [0, 0.1) is 0 Å². The Hall–Kier alpha value is -3.68. The topological polar surface area (TPSA) is 63.7 Å². The number of methoxy groups -OCH3 is 2. The fourth-order valence-electron chi connectivity index (χ4n) is 4.00. The fraction of sp³-hybridized carbons (Fsp3) is 0.241. The Bertz CT molecular complexity index is 1260. The molecule has 0 aliphatic heterocycles. The monoisotopic (exact) mass is 501 g/mol. The number of thiazole rings is 1. The predicted molar refractivity (Wildman–Crippen MR) is 143 cm³/mol. The lowest BCUT2D eigenvalue weighted by Gasteiger charge is -2.29. The molecule has 0 saturated heterocycles. The van der Waals surface area contributed by atoms with Crippen LogP contribution in [0.25, 0.3) is 0 Å². The number of nitrogens with zero attached hydrogens (tertiary/aromatic N) is 2. The van der Waals surface area contributed by atoms with Crippen LogP contribution < -0.4 is 14.8 Å². The number of hydrogen-bond acceptors (Lipinski definition) is 6. The first-order valence-electron chi connectivity index (χ1n) is 11.8. The molecule has 1 amide bonds. The zero-order valence-electron chi connectivity index (χ0n) is 20.8. The summed E-state index contributed by atoms with van der Waals surface area (Å²) in [6.07, 6.45) is 0. The van der Waals surface area contributed by atoms with E-state index in [9.17, 15) is 4.79 Å². The van der Waals surface area contributed by atoms with Crippen molar-refractivity contribution in [2.24, 2.45) is 0 Å². The molecule has 7 heteroatoms. The zero-order chi connectivity index (χ0) is 25.3. The number of rotatable bonds is 11. The molecule has 0 aliphatic rings. The normalized spacial score (nSPS) is 11.8. The summed E-state index contributed by atoms with van der Waals surface area (Å²) in [7, 11) is 3.32. The van der Waals surface area contributed by atoms with Crippen molar-refractivity contribution in [2.75, 3.05) is 14.2 Å². The minimum atomic E-state index is -0.166. The van der Waals surface area contributed by atoms with Crippen LogP contribution in [0.5, 0.6) is 11.5 Å². The maximum atomic E-state index is 12.7. The van der Waals surface area contributed by atoms with Crippen molar-refractivity contribution in [1.29, 1.82) is 0 Å². The highest BCUT2D eigenvalue weighted by Gasteiger charge is 2.21. The maximum Gasteiger partial charge on any atom is 0.271 e. The van der Waals surface area contributed by atoms with Gasteiger partial charge < -0.3 is 14.8 Å². The third kappa shape index (κ3) is 6.50. The van der Waals surface area contributed by atoms with E-state index in [-0.39, 0.29) is 11.9 Å². The number of benzene rings is 3. The van der Waals surface area contributed by atoms with E-state index in [0.29, 0.717) is 25.3 Å². The van der Waals surface area contributed by atoms with Gasteiger partial charge >= 0.3 is 0 Å². The molecule has 1 heterocycles. The molecule has 0 fully saturated rings. The van der Waals surface area contributed by atoms with E-state index >= 15 is 0 Å². The van der Waals surface area contributed by atoms with Crippen molar-refractivity contribution >= 4 is 17.2 Å². The standard InChI is InChI=1S/C29H31N3O3S/c1-21(23-12-8-5-9-13-23)32(18-24-14-15-25(34-2)16-27(24)35-3)19-28-31-26(20-36-28)29(33)30-17-22-10-6-4-7-11-22/h4-16,20-21H,17-19H2,1-3H3,(H,30,33). The van der Waals surface area contributed by atoms with E-state index in [4.69, 9.17) is 9.47 Å². The lowest BCUT2D eigenvalue weighted by molar-refractivity contribution is 0.0946. The molecule has 3 aromatic carbocycles. The van der Waals surface area contributed by atoms with Crippen LogP contribution in [0.15, 0.2) is 84.2 Å². The van der Waals surface area contributed by atoms with Gasteiger partial charge in [-0.3, -0.25) is 9.69 Å². The summed E-state index contributed by atoms with van der Waals surface area (Å²) >= 11 is 1.50. The Labute approximate surface area is 216 Å². The van der Waals surface area contributed by atoms with Crippen molar-refractivity contribution in [3.63, 3.8) is 0 Å². The molecule has 1 unspecified atom stereocenters. The average Bonchev–Trinajstić information content (AvgIpc) is 3.41. The molecule has 0 saturated carbocycles. The van der Waals surface area contributed by atoms with E-state index in [0.717, 1.165) is 27.6 Å². The van der Waals surface area contributed by atoms with Gasteiger partial charge in [0.1, 0.15) is 22.2 Å². The Morgan fingerprint density at radius 3 is 2.39 bits per heavy atom. The number of aromatic nitrogens is 1. The Morgan fingerprint density at radius 2 is 1.69 bits per heavy atom. The van der Waals surface area contributed by atoms with Crippen molar-refractivity contribution < 1.29 is 14.3 Å². The molecule has 36 heavy (non-hydrogen) atoms. The Balaban J connectivity index is 1.52. The van der Waals surface area contributed by atoms with Gasteiger partial charge in [-0.2, -0.15) is 0 Å². The molecule has 1 atom stereocenters. The molecule has 4 rings (SSSR count). The van der Waals surface area contributed by atoms with Crippen LogP contribution >= 0.6 is 11.3 Å². The van der Waals surface area contributed by atoms with Gasteiger partial charge in [0.05, 0.1) is 20.8 Å². The van der Waals surface area contributed by atoms with Gasteiger partial charge in [-0.05, 0) is 24.1 Å². The van der Waals surface area contributed by atoms with Crippen LogP contribution in [-0.4, -0.2) is 30.0 Å². The molecule has 1 N–H and O–H groups in total. The van der Waals surface area contributed by atoms with Crippen LogP contribution in [0.4, 0.5) is 0 Å². The maximum absolute atomic E-state index is 12.7. The van der Waals surface area contributed by atoms with E-state index in [1.165, 1.54) is 16.9 Å². The van der Waals surface area contributed by atoms with Gasteiger partial charge in [-0.25, -0.2) is 4.98 Å². The van der Waals surface area contributed by atoms with Crippen molar-refractivity contribution in [1.82, 2.24) is 15.2 Å². The van der Waals surface area contributed by atoms with Crippen molar-refractivity contribution in [2.45, 2.75) is 32.6 Å². The summed E-state index contributed by atoms with van der Waals surface area (Å²) in [6, 6.07) is 26.3. The smallest absolute Gasteiger partial charge is 0.271 e. The van der Waals surface area contributed by atoms with Gasteiger partial charge in [0.15, 0.2) is 0 Å². The predicted octanol–water partition coefficient (Wildman–Crippen LogP) is 5.85. The summed E-state index contributed by atoms with van der Waals surface area (Å²) < 4.78 is 11.0. The number of nitrogens with one attached hydrogen (secondary N) is 1. The Morgan fingerprint density at radius 1 is 0.972 bits per heavy atom. The SMILES string of the molecule is COc1ccc(CN(Cc2nc(C(=O)NCc3ccccc3)cs2)C(C)c2ccccc2)c(OC)c1. The third-order valence-corrected chi connectivity index (χ3v) is 6.95. The average molecular weight is 502 g/mol. The number of hydrogen-bond donors (Lipinski definition) is 1. The molecule has 0 radical (unpaired) electrons. The minimum absolute atomic E-state index is 0.122. The summed E-state index contributed by atoms with van der Waals surface area (Å²) in [5.41, 5.74) is 3.76. The Kier molecular flexibility index (Phi) is 8.71. The summed E-state index contributed by atoms with van der Waals surface area (Å²) in [5.74, 6) is 1.37. The second kappa shape index (κ2) is 12.3. The highest BCUT2D eigenvalue weighted by Crippen LogP contribution is 2.30. The van der Waals surface area contributed by atoms with Gasteiger partial charge in [-0.1, -0.05) is 66.7 Å². The van der Waals surface area contributed by atoms with Gasteiger partial charge in [-0.15, -0.1) is 11.3 Å². The zero-order valence-corrected chi connectivity index (χ0v) is 21.6. The molecule has 0 bridgehead atoms. The van der Waals surface area contributed by atoms with Crippen LogP contribution in [0.2, 0.25) is 0 Å².